The average Bonchev–Trinajstić information content (AvgIpc) is 2.36. The molecule has 0 aliphatic carbocycles. The summed E-state index contributed by atoms with van der Waals surface area (Å²) in [6.45, 7) is 10.4. The van der Waals surface area contributed by atoms with E-state index in [4.69, 9.17) is 19.9 Å². The van der Waals surface area contributed by atoms with Crippen LogP contribution in [0.15, 0.2) is 0 Å². The SMILES string of the molecule is CCOCCN(CCOCC)CC(N)CCOC. The maximum absolute atomic E-state index is 6.07. The van der Waals surface area contributed by atoms with Crippen LogP contribution in [0.4, 0.5) is 0 Å². The number of hydrogen-bond donors (Lipinski definition) is 1. The molecular formula is C13H30N2O3. The minimum atomic E-state index is 0.146. The van der Waals surface area contributed by atoms with Gasteiger partial charge in [-0.2, -0.15) is 0 Å². The van der Waals surface area contributed by atoms with Crippen molar-refractivity contribution in [1.82, 2.24) is 4.90 Å². The molecular weight excluding hydrogens is 232 g/mol. The Bertz CT molecular complexity index is 160. The predicted octanol–water partition coefficient (Wildman–Crippen LogP) is 0.725. The Morgan fingerprint density at radius 2 is 1.56 bits per heavy atom. The van der Waals surface area contributed by atoms with Gasteiger partial charge in [-0.05, 0) is 20.3 Å². The van der Waals surface area contributed by atoms with E-state index in [-0.39, 0.29) is 6.04 Å². The van der Waals surface area contributed by atoms with E-state index in [1.165, 1.54) is 0 Å². The van der Waals surface area contributed by atoms with Gasteiger partial charge in [0.25, 0.3) is 0 Å². The Balaban J connectivity index is 3.85. The number of ether oxygens (including phenoxy) is 3. The Labute approximate surface area is 112 Å². The number of nitrogens with two attached hydrogens (primary N) is 1. The van der Waals surface area contributed by atoms with Crippen LogP contribution >= 0.6 is 0 Å². The van der Waals surface area contributed by atoms with Crippen LogP contribution in [-0.4, -0.2) is 70.7 Å². The van der Waals surface area contributed by atoms with E-state index in [0.717, 1.165) is 52.5 Å². The summed E-state index contributed by atoms with van der Waals surface area (Å²) in [5, 5.41) is 0. The molecule has 0 radical (unpaired) electrons. The van der Waals surface area contributed by atoms with Crippen molar-refractivity contribution >= 4 is 0 Å². The zero-order valence-corrected chi connectivity index (χ0v) is 12.2. The molecule has 0 aromatic rings. The zero-order chi connectivity index (χ0) is 13.6. The number of rotatable bonds is 13. The van der Waals surface area contributed by atoms with Crippen LogP contribution < -0.4 is 5.73 Å². The molecule has 1 unspecified atom stereocenters. The molecule has 0 rings (SSSR count). The third-order valence-electron chi connectivity index (χ3n) is 2.70. The summed E-state index contributed by atoms with van der Waals surface area (Å²) < 4.78 is 15.8. The van der Waals surface area contributed by atoms with Gasteiger partial charge in [0, 0.05) is 52.6 Å². The maximum atomic E-state index is 6.07. The van der Waals surface area contributed by atoms with Gasteiger partial charge >= 0.3 is 0 Å². The van der Waals surface area contributed by atoms with E-state index >= 15 is 0 Å². The fraction of sp³-hybridized carbons (Fsp3) is 1.00. The van der Waals surface area contributed by atoms with Crippen molar-refractivity contribution in [2.45, 2.75) is 26.3 Å². The van der Waals surface area contributed by atoms with Crippen LogP contribution in [-0.2, 0) is 14.2 Å². The molecule has 0 bridgehead atoms. The molecule has 110 valence electrons. The lowest BCUT2D eigenvalue weighted by atomic mass is 10.2. The summed E-state index contributed by atoms with van der Waals surface area (Å²) in [5.74, 6) is 0. The summed E-state index contributed by atoms with van der Waals surface area (Å²) >= 11 is 0. The van der Waals surface area contributed by atoms with E-state index in [1.807, 2.05) is 13.8 Å². The van der Waals surface area contributed by atoms with E-state index in [0.29, 0.717) is 6.61 Å². The van der Waals surface area contributed by atoms with Gasteiger partial charge < -0.3 is 19.9 Å². The van der Waals surface area contributed by atoms with Crippen molar-refractivity contribution < 1.29 is 14.2 Å². The van der Waals surface area contributed by atoms with Gasteiger partial charge in [0.1, 0.15) is 0 Å². The van der Waals surface area contributed by atoms with Crippen LogP contribution in [0.5, 0.6) is 0 Å². The monoisotopic (exact) mass is 262 g/mol. The number of methoxy groups -OCH3 is 1. The summed E-state index contributed by atoms with van der Waals surface area (Å²) in [6, 6.07) is 0.146. The van der Waals surface area contributed by atoms with Crippen LogP contribution in [0, 0.1) is 0 Å². The molecule has 0 amide bonds. The molecule has 0 aliphatic rings. The minimum absolute atomic E-state index is 0.146. The van der Waals surface area contributed by atoms with Crippen LogP contribution in [0.2, 0.25) is 0 Å². The normalized spacial score (nSPS) is 13.2. The van der Waals surface area contributed by atoms with Gasteiger partial charge in [-0.1, -0.05) is 0 Å². The highest BCUT2D eigenvalue weighted by Crippen LogP contribution is 1.96. The van der Waals surface area contributed by atoms with Gasteiger partial charge in [-0.3, -0.25) is 4.90 Å². The smallest absolute Gasteiger partial charge is 0.0593 e. The van der Waals surface area contributed by atoms with Crippen molar-refractivity contribution in [3.8, 4) is 0 Å². The van der Waals surface area contributed by atoms with Crippen molar-refractivity contribution in [3.63, 3.8) is 0 Å². The molecule has 0 fully saturated rings. The second-order valence-corrected chi connectivity index (χ2v) is 4.24. The standard InChI is InChI=1S/C13H30N2O3/c1-4-17-10-7-15(8-11-18-5-2)12-13(14)6-9-16-3/h13H,4-12,14H2,1-3H3. The molecule has 0 aliphatic heterocycles. The Morgan fingerprint density at radius 1 is 1.00 bits per heavy atom. The molecule has 1 atom stereocenters. The van der Waals surface area contributed by atoms with Crippen molar-refractivity contribution in [2.24, 2.45) is 5.73 Å². The quantitative estimate of drug-likeness (QED) is 0.496. The van der Waals surface area contributed by atoms with Gasteiger partial charge in [-0.15, -0.1) is 0 Å². The lowest BCUT2D eigenvalue weighted by Gasteiger charge is -2.25. The molecule has 5 nitrogen and oxygen atoms in total. The van der Waals surface area contributed by atoms with E-state index in [1.54, 1.807) is 7.11 Å². The summed E-state index contributed by atoms with van der Waals surface area (Å²) in [7, 11) is 1.70. The third kappa shape index (κ3) is 10.9. The van der Waals surface area contributed by atoms with E-state index in [9.17, 15) is 0 Å². The highest BCUT2D eigenvalue weighted by molar-refractivity contribution is 4.68. The Kier molecular flexibility index (Phi) is 13.1. The van der Waals surface area contributed by atoms with Gasteiger partial charge in [-0.25, -0.2) is 0 Å². The molecule has 0 aromatic heterocycles. The fourth-order valence-electron chi connectivity index (χ4n) is 1.66. The fourth-order valence-corrected chi connectivity index (χ4v) is 1.66. The average molecular weight is 262 g/mol. The molecule has 2 N–H and O–H groups in total. The summed E-state index contributed by atoms with van der Waals surface area (Å²) in [6.07, 6.45) is 0.885. The van der Waals surface area contributed by atoms with Crippen molar-refractivity contribution in [1.29, 1.82) is 0 Å². The second-order valence-electron chi connectivity index (χ2n) is 4.24. The molecule has 5 heteroatoms. The molecule has 0 spiro atoms. The molecule has 0 heterocycles. The van der Waals surface area contributed by atoms with E-state index in [2.05, 4.69) is 4.90 Å². The molecule has 0 saturated carbocycles. The molecule has 0 saturated heterocycles. The lowest BCUT2D eigenvalue weighted by molar-refractivity contribution is 0.0780. The van der Waals surface area contributed by atoms with Gasteiger partial charge in [0.15, 0.2) is 0 Å². The van der Waals surface area contributed by atoms with Gasteiger partial charge in [0.2, 0.25) is 0 Å². The van der Waals surface area contributed by atoms with Crippen LogP contribution in [0.3, 0.4) is 0 Å². The highest BCUT2D eigenvalue weighted by Gasteiger charge is 2.10. The first kappa shape index (κ1) is 17.8. The van der Waals surface area contributed by atoms with Gasteiger partial charge in [0.05, 0.1) is 13.2 Å². The van der Waals surface area contributed by atoms with Crippen molar-refractivity contribution in [3.05, 3.63) is 0 Å². The topological polar surface area (TPSA) is 57.0 Å². The van der Waals surface area contributed by atoms with Crippen molar-refractivity contribution in [2.75, 3.05) is 59.8 Å². The first-order valence-corrected chi connectivity index (χ1v) is 6.86. The zero-order valence-electron chi connectivity index (χ0n) is 12.2. The third-order valence-corrected chi connectivity index (χ3v) is 2.70. The summed E-state index contributed by atoms with van der Waals surface area (Å²) in [5.41, 5.74) is 6.07. The second kappa shape index (κ2) is 13.2. The largest absolute Gasteiger partial charge is 0.385 e. The maximum Gasteiger partial charge on any atom is 0.0593 e. The van der Waals surface area contributed by atoms with E-state index < -0.39 is 0 Å². The summed E-state index contributed by atoms with van der Waals surface area (Å²) in [4.78, 5) is 2.30. The Morgan fingerprint density at radius 3 is 2.00 bits per heavy atom. The molecule has 18 heavy (non-hydrogen) atoms. The predicted molar refractivity (Wildman–Crippen MR) is 73.9 cm³/mol. The van der Waals surface area contributed by atoms with Crippen LogP contribution in [0.1, 0.15) is 20.3 Å². The Hall–Kier alpha value is -0.200. The number of hydrogen-bond acceptors (Lipinski definition) is 5. The highest BCUT2D eigenvalue weighted by atomic mass is 16.5. The molecule has 0 aromatic carbocycles. The minimum Gasteiger partial charge on any atom is -0.385 e. The first-order valence-electron chi connectivity index (χ1n) is 6.86. The lowest BCUT2D eigenvalue weighted by Crippen LogP contribution is -2.41. The first-order chi connectivity index (χ1) is 8.74. The van der Waals surface area contributed by atoms with Crippen LogP contribution in [0.25, 0.3) is 0 Å². The number of nitrogens with zero attached hydrogens (tertiary/aromatic N) is 1.